The van der Waals surface area contributed by atoms with E-state index in [1.807, 2.05) is 6.92 Å². The fourth-order valence-corrected chi connectivity index (χ4v) is 2.71. The number of benzene rings is 1. The van der Waals surface area contributed by atoms with E-state index in [1.54, 1.807) is 0 Å². The van der Waals surface area contributed by atoms with Crippen LogP contribution in [0.25, 0.3) is 0 Å². The number of likely N-dealkylation sites (N-methyl/N-ethyl adjacent to an activating group) is 1. The van der Waals surface area contributed by atoms with Crippen LogP contribution in [-0.2, 0) is 11.8 Å². The second kappa shape index (κ2) is 7.66. The molecular formula is C20H31N. The van der Waals surface area contributed by atoms with Gasteiger partial charge >= 0.3 is 0 Å². The Hall–Kier alpha value is -1.26. The van der Waals surface area contributed by atoms with E-state index in [-0.39, 0.29) is 5.41 Å². The highest BCUT2D eigenvalue weighted by molar-refractivity contribution is 5.41. The Kier molecular flexibility index (Phi) is 6.49. The lowest BCUT2D eigenvalue weighted by atomic mass is 9.82. The predicted octanol–water partition coefficient (Wildman–Crippen LogP) is 4.53. The minimum absolute atomic E-state index is 0.215. The number of aryl methyl sites for hydroxylation is 2. The molecule has 0 fully saturated rings. The lowest BCUT2D eigenvalue weighted by Gasteiger charge is -2.24. The van der Waals surface area contributed by atoms with Gasteiger partial charge in [0.05, 0.1) is 0 Å². The van der Waals surface area contributed by atoms with Gasteiger partial charge in [-0.15, -0.1) is 11.8 Å². The van der Waals surface area contributed by atoms with Gasteiger partial charge in [-0.25, -0.2) is 0 Å². The summed E-state index contributed by atoms with van der Waals surface area (Å²) in [6.07, 6.45) is 3.17. The normalized spacial score (nSPS) is 12.7. The first-order chi connectivity index (χ1) is 9.79. The Bertz CT molecular complexity index is 500. The van der Waals surface area contributed by atoms with Gasteiger partial charge in [0.25, 0.3) is 0 Å². The van der Waals surface area contributed by atoms with Gasteiger partial charge in [0.2, 0.25) is 0 Å². The second-order valence-electron chi connectivity index (χ2n) is 6.99. The number of hydrogen-bond donors (Lipinski definition) is 1. The van der Waals surface area contributed by atoms with E-state index in [1.165, 1.54) is 22.3 Å². The molecule has 0 saturated carbocycles. The molecule has 21 heavy (non-hydrogen) atoms. The van der Waals surface area contributed by atoms with Crippen LogP contribution in [0.3, 0.4) is 0 Å². The maximum absolute atomic E-state index is 3.44. The van der Waals surface area contributed by atoms with Gasteiger partial charge in [0.1, 0.15) is 0 Å². The first-order valence-electron chi connectivity index (χ1n) is 7.97. The highest BCUT2D eigenvalue weighted by Crippen LogP contribution is 2.27. The highest BCUT2D eigenvalue weighted by atomic mass is 14.9. The fraction of sp³-hybridized carbons (Fsp3) is 0.600. The number of rotatable bonds is 5. The summed E-state index contributed by atoms with van der Waals surface area (Å²) in [4.78, 5) is 0. The van der Waals surface area contributed by atoms with Crippen molar-refractivity contribution in [2.24, 2.45) is 0 Å². The molecule has 1 N–H and O–H groups in total. The molecular weight excluding hydrogens is 254 g/mol. The third-order valence-corrected chi connectivity index (χ3v) is 4.22. The molecule has 0 spiro atoms. The average Bonchev–Trinajstić information content (AvgIpc) is 2.39. The first-order valence-corrected chi connectivity index (χ1v) is 7.97. The van der Waals surface area contributed by atoms with E-state index in [0.29, 0.717) is 6.04 Å². The van der Waals surface area contributed by atoms with Gasteiger partial charge in [0, 0.05) is 12.5 Å². The van der Waals surface area contributed by atoms with Crippen molar-refractivity contribution in [2.45, 2.75) is 72.3 Å². The maximum atomic E-state index is 3.44. The van der Waals surface area contributed by atoms with Crippen molar-refractivity contribution < 1.29 is 0 Å². The van der Waals surface area contributed by atoms with Gasteiger partial charge in [-0.3, -0.25) is 0 Å². The minimum atomic E-state index is 0.215. The van der Waals surface area contributed by atoms with Crippen molar-refractivity contribution in [3.8, 4) is 11.8 Å². The van der Waals surface area contributed by atoms with Gasteiger partial charge < -0.3 is 5.32 Å². The molecule has 1 heteroatoms. The van der Waals surface area contributed by atoms with Crippen molar-refractivity contribution >= 4 is 0 Å². The van der Waals surface area contributed by atoms with E-state index in [0.717, 1.165) is 19.3 Å². The molecule has 0 aliphatic heterocycles. The van der Waals surface area contributed by atoms with Gasteiger partial charge in [-0.2, -0.15) is 0 Å². The zero-order chi connectivity index (χ0) is 16.0. The van der Waals surface area contributed by atoms with Crippen molar-refractivity contribution in [1.82, 2.24) is 5.32 Å². The molecule has 116 valence electrons. The molecule has 1 unspecified atom stereocenters. The third kappa shape index (κ3) is 5.21. The standard InChI is InChI=1S/C20H31N/c1-8-9-10-11-18(21-7)14-19-15(2)12-17(13-16(19)3)20(4,5)6/h12-13,18,21H,10-11,14H2,1-7H3. The topological polar surface area (TPSA) is 12.0 Å². The Morgan fingerprint density at radius 2 is 1.71 bits per heavy atom. The molecule has 0 aromatic heterocycles. The average molecular weight is 285 g/mol. The lowest BCUT2D eigenvalue weighted by molar-refractivity contribution is 0.525. The van der Waals surface area contributed by atoms with Crippen LogP contribution in [0.15, 0.2) is 12.1 Å². The summed E-state index contributed by atoms with van der Waals surface area (Å²) in [5, 5.41) is 3.44. The molecule has 0 saturated heterocycles. The SMILES string of the molecule is CC#CCCC(Cc1c(C)cc(C(C)(C)C)cc1C)NC. The quantitative estimate of drug-likeness (QED) is 0.783. The summed E-state index contributed by atoms with van der Waals surface area (Å²) in [5.41, 5.74) is 5.97. The molecule has 0 heterocycles. The van der Waals surface area contributed by atoms with E-state index in [2.05, 4.69) is 71.0 Å². The van der Waals surface area contributed by atoms with Crippen LogP contribution < -0.4 is 5.32 Å². The molecule has 0 radical (unpaired) electrons. The van der Waals surface area contributed by atoms with Gasteiger partial charge in [-0.05, 0) is 68.3 Å². The molecule has 1 atom stereocenters. The van der Waals surface area contributed by atoms with Crippen molar-refractivity contribution in [1.29, 1.82) is 0 Å². The second-order valence-corrected chi connectivity index (χ2v) is 6.99. The predicted molar refractivity (Wildman–Crippen MR) is 93.9 cm³/mol. The molecule has 0 aliphatic carbocycles. The van der Waals surface area contributed by atoms with E-state index >= 15 is 0 Å². The van der Waals surface area contributed by atoms with Gasteiger partial charge in [-0.1, -0.05) is 32.9 Å². The molecule has 1 aromatic carbocycles. The van der Waals surface area contributed by atoms with Crippen molar-refractivity contribution in [3.05, 3.63) is 34.4 Å². The summed E-state index contributed by atoms with van der Waals surface area (Å²) >= 11 is 0. The number of hydrogen-bond acceptors (Lipinski definition) is 1. The van der Waals surface area contributed by atoms with Crippen molar-refractivity contribution in [2.75, 3.05) is 7.05 Å². The first kappa shape index (κ1) is 17.8. The third-order valence-electron chi connectivity index (χ3n) is 4.22. The number of nitrogens with one attached hydrogen (secondary N) is 1. The molecule has 1 nitrogen and oxygen atoms in total. The zero-order valence-corrected chi connectivity index (χ0v) is 14.9. The monoisotopic (exact) mass is 285 g/mol. The largest absolute Gasteiger partial charge is 0.317 e. The maximum Gasteiger partial charge on any atom is 0.0114 e. The summed E-state index contributed by atoms with van der Waals surface area (Å²) in [5.74, 6) is 6.15. The van der Waals surface area contributed by atoms with Crippen LogP contribution in [-0.4, -0.2) is 13.1 Å². The molecule has 0 bridgehead atoms. The van der Waals surface area contributed by atoms with Gasteiger partial charge in [0.15, 0.2) is 0 Å². The molecule has 1 aromatic rings. The van der Waals surface area contributed by atoms with E-state index in [9.17, 15) is 0 Å². The lowest BCUT2D eigenvalue weighted by Crippen LogP contribution is -2.28. The zero-order valence-electron chi connectivity index (χ0n) is 14.9. The van der Waals surface area contributed by atoms with Crippen LogP contribution >= 0.6 is 0 Å². The Balaban J connectivity index is 2.94. The minimum Gasteiger partial charge on any atom is -0.317 e. The highest BCUT2D eigenvalue weighted by Gasteiger charge is 2.17. The summed E-state index contributed by atoms with van der Waals surface area (Å²) in [7, 11) is 2.05. The summed E-state index contributed by atoms with van der Waals surface area (Å²) in [6, 6.07) is 5.23. The Morgan fingerprint density at radius 3 is 2.14 bits per heavy atom. The molecule has 0 amide bonds. The smallest absolute Gasteiger partial charge is 0.0114 e. The Labute approximate surface area is 131 Å². The van der Waals surface area contributed by atoms with Crippen LogP contribution in [0.4, 0.5) is 0 Å². The summed E-state index contributed by atoms with van der Waals surface area (Å²) < 4.78 is 0. The van der Waals surface area contributed by atoms with Crippen molar-refractivity contribution in [3.63, 3.8) is 0 Å². The summed E-state index contributed by atoms with van der Waals surface area (Å²) in [6.45, 7) is 13.2. The van der Waals surface area contributed by atoms with E-state index < -0.39 is 0 Å². The van der Waals surface area contributed by atoms with E-state index in [4.69, 9.17) is 0 Å². The van der Waals surface area contributed by atoms with Crippen LogP contribution in [0.2, 0.25) is 0 Å². The van der Waals surface area contributed by atoms with Crippen LogP contribution in [0.5, 0.6) is 0 Å². The van der Waals surface area contributed by atoms with Crippen LogP contribution in [0.1, 0.15) is 62.8 Å². The van der Waals surface area contributed by atoms with Crippen LogP contribution in [0, 0.1) is 25.7 Å². The molecule has 0 aliphatic rings. The molecule has 1 rings (SSSR count). The Morgan fingerprint density at radius 1 is 1.14 bits per heavy atom. The fourth-order valence-electron chi connectivity index (χ4n) is 2.71.